The molecule has 1 aliphatic rings. The second kappa shape index (κ2) is 9.87. The third-order valence-corrected chi connectivity index (χ3v) is 5.70. The fourth-order valence-corrected chi connectivity index (χ4v) is 3.91. The number of hydrogen-bond acceptors (Lipinski definition) is 4. The monoisotopic (exact) mass is 507 g/mol. The molecule has 3 amide bonds. The summed E-state index contributed by atoms with van der Waals surface area (Å²) in [5.41, 5.74) is 2.06. The van der Waals surface area contributed by atoms with Crippen molar-refractivity contribution in [3.8, 4) is 5.75 Å². The summed E-state index contributed by atoms with van der Waals surface area (Å²) in [6.45, 7) is 2.44. The summed E-state index contributed by atoms with van der Waals surface area (Å²) in [5, 5.41) is 5.60. The molecule has 168 valence electrons. The minimum absolute atomic E-state index is 0.199. The molecule has 0 fully saturated rings. The van der Waals surface area contributed by atoms with E-state index < -0.39 is 11.9 Å². The van der Waals surface area contributed by atoms with Crippen LogP contribution in [-0.2, 0) is 9.59 Å². The summed E-state index contributed by atoms with van der Waals surface area (Å²) >= 11 is 3.37. The van der Waals surface area contributed by atoms with Crippen LogP contribution in [0.3, 0.4) is 0 Å². The van der Waals surface area contributed by atoms with E-state index in [1.807, 2.05) is 6.92 Å². The maximum Gasteiger partial charge on any atom is 0.259 e. The Labute approximate surface area is 199 Å². The average molecular weight is 508 g/mol. The van der Waals surface area contributed by atoms with Crippen LogP contribution in [0.2, 0.25) is 0 Å². The Morgan fingerprint density at radius 3 is 2.42 bits per heavy atom. The number of nitrogens with one attached hydrogen (secondary N) is 2. The zero-order valence-corrected chi connectivity index (χ0v) is 19.5. The fraction of sp³-hybridized carbons (Fsp3) is 0.160. The van der Waals surface area contributed by atoms with Gasteiger partial charge in [0.2, 0.25) is 11.8 Å². The lowest BCUT2D eigenvalue weighted by molar-refractivity contribution is -0.122. The molecule has 1 heterocycles. The van der Waals surface area contributed by atoms with Crippen LogP contribution in [0.15, 0.2) is 77.3 Å². The highest BCUT2D eigenvalue weighted by Crippen LogP contribution is 2.34. The van der Waals surface area contributed by atoms with E-state index in [0.29, 0.717) is 35.0 Å². The first kappa shape index (κ1) is 22.5. The summed E-state index contributed by atoms with van der Waals surface area (Å²) < 4.78 is 6.25. The molecule has 0 saturated heterocycles. The Kier molecular flexibility index (Phi) is 6.74. The Bertz CT molecular complexity index is 1180. The van der Waals surface area contributed by atoms with Crippen molar-refractivity contribution >= 4 is 50.7 Å². The molecule has 33 heavy (non-hydrogen) atoms. The summed E-state index contributed by atoms with van der Waals surface area (Å²) in [7, 11) is 0. The normalized spacial score (nSPS) is 14.8. The zero-order valence-electron chi connectivity index (χ0n) is 17.9. The van der Waals surface area contributed by atoms with Crippen molar-refractivity contribution in [3.05, 3.63) is 82.8 Å². The second-order valence-electron chi connectivity index (χ2n) is 7.41. The number of benzene rings is 3. The van der Waals surface area contributed by atoms with E-state index in [0.717, 1.165) is 4.47 Å². The molecule has 3 aromatic rings. The number of rotatable bonds is 6. The number of para-hydroxylation sites is 2. The lowest BCUT2D eigenvalue weighted by Gasteiger charge is -2.36. The molecular formula is C25H22BrN3O4. The van der Waals surface area contributed by atoms with E-state index in [9.17, 15) is 14.4 Å². The molecule has 8 heteroatoms. The molecule has 1 atom stereocenters. The number of hydrogen-bond donors (Lipinski definition) is 2. The van der Waals surface area contributed by atoms with E-state index >= 15 is 0 Å². The van der Waals surface area contributed by atoms with Crippen LogP contribution in [0.5, 0.6) is 5.75 Å². The van der Waals surface area contributed by atoms with Gasteiger partial charge in [-0.2, -0.15) is 0 Å². The highest BCUT2D eigenvalue weighted by Gasteiger charge is 2.38. The number of carbonyl (C=O) groups is 3. The molecule has 0 spiro atoms. The molecule has 0 saturated carbocycles. The Balaban J connectivity index is 1.59. The third-order valence-electron chi connectivity index (χ3n) is 5.17. The Hall–Kier alpha value is -3.65. The van der Waals surface area contributed by atoms with Crippen LogP contribution in [-0.4, -0.2) is 30.4 Å². The van der Waals surface area contributed by atoms with Crippen molar-refractivity contribution in [3.63, 3.8) is 0 Å². The summed E-state index contributed by atoms with van der Waals surface area (Å²) in [6.07, 6.45) is -0.199. The average Bonchev–Trinajstić information content (AvgIpc) is 2.81. The van der Waals surface area contributed by atoms with Gasteiger partial charge in [-0.15, -0.1) is 0 Å². The molecule has 4 rings (SSSR count). The fourth-order valence-electron chi connectivity index (χ4n) is 3.65. The van der Waals surface area contributed by atoms with Crippen molar-refractivity contribution in [2.75, 3.05) is 22.1 Å². The lowest BCUT2D eigenvalue weighted by Crippen LogP contribution is -2.52. The van der Waals surface area contributed by atoms with Crippen molar-refractivity contribution in [1.29, 1.82) is 0 Å². The van der Waals surface area contributed by atoms with Gasteiger partial charge in [0.25, 0.3) is 5.91 Å². The molecule has 0 bridgehead atoms. The van der Waals surface area contributed by atoms with E-state index in [4.69, 9.17) is 4.74 Å². The van der Waals surface area contributed by atoms with Gasteiger partial charge in [0.1, 0.15) is 11.8 Å². The van der Waals surface area contributed by atoms with Crippen molar-refractivity contribution in [1.82, 2.24) is 0 Å². The van der Waals surface area contributed by atoms with Crippen LogP contribution in [0, 0.1) is 0 Å². The van der Waals surface area contributed by atoms with Crippen LogP contribution in [0.4, 0.5) is 17.1 Å². The zero-order chi connectivity index (χ0) is 23.4. The van der Waals surface area contributed by atoms with Crippen LogP contribution >= 0.6 is 15.9 Å². The first-order chi connectivity index (χ1) is 16.0. The number of fused-ring (bicyclic) bond motifs is 1. The van der Waals surface area contributed by atoms with Gasteiger partial charge in [-0.3, -0.25) is 19.3 Å². The maximum absolute atomic E-state index is 13.5. The predicted molar refractivity (Wildman–Crippen MR) is 131 cm³/mol. The van der Waals surface area contributed by atoms with Gasteiger partial charge in [-0.1, -0.05) is 28.1 Å². The first-order valence-electron chi connectivity index (χ1n) is 10.5. The standard InChI is InChI=1S/C25H22BrN3O4/c1-2-33-19-13-11-18(12-14-19)27-23(30)15-22-24(31)28-20-5-3-4-6-21(20)29(22)25(32)16-7-9-17(26)10-8-16/h3-14,22H,2,15H2,1H3,(H,27,30)(H,28,31). The van der Waals surface area contributed by atoms with Gasteiger partial charge in [0.05, 0.1) is 24.4 Å². The number of carbonyl (C=O) groups excluding carboxylic acids is 3. The lowest BCUT2D eigenvalue weighted by atomic mass is 10.0. The van der Waals surface area contributed by atoms with Crippen LogP contribution in [0.1, 0.15) is 23.7 Å². The summed E-state index contributed by atoms with van der Waals surface area (Å²) in [5.74, 6) is -0.456. The number of amides is 3. The van der Waals surface area contributed by atoms with E-state index in [1.165, 1.54) is 4.90 Å². The van der Waals surface area contributed by atoms with Crippen molar-refractivity contribution in [2.45, 2.75) is 19.4 Å². The van der Waals surface area contributed by atoms with E-state index in [2.05, 4.69) is 26.6 Å². The van der Waals surface area contributed by atoms with Gasteiger partial charge < -0.3 is 15.4 Å². The highest BCUT2D eigenvalue weighted by molar-refractivity contribution is 9.10. The topological polar surface area (TPSA) is 87.7 Å². The first-order valence-corrected chi connectivity index (χ1v) is 11.3. The maximum atomic E-state index is 13.5. The van der Waals surface area contributed by atoms with E-state index in [1.54, 1.807) is 72.8 Å². The predicted octanol–water partition coefficient (Wildman–Crippen LogP) is 4.84. The number of halogens is 1. The number of nitrogens with zero attached hydrogens (tertiary/aromatic N) is 1. The second-order valence-corrected chi connectivity index (χ2v) is 8.33. The number of ether oxygens (including phenoxy) is 1. The SMILES string of the molecule is CCOc1ccc(NC(=O)CC2C(=O)Nc3ccccc3N2C(=O)c2ccc(Br)cc2)cc1. The van der Waals surface area contributed by atoms with Crippen molar-refractivity contribution < 1.29 is 19.1 Å². The summed E-state index contributed by atoms with van der Waals surface area (Å²) in [6, 6.07) is 19.9. The van der Waals surface area contributed by atoms with Gasteiger partial charge >= 0.3 is 0 Å². The van der Waals surface area contributed by atoms with Crippen LogP contribution < -0.4 is 20.3 Å². The largest absolute Gasteiger partial charge is 0.494 e. The minimum atomic E-state index is -1.00. The molecule has 0 aromatic heterocycles. The Morgan fingerprint density at radius 2 is 1.73 bits per heavy atom. The smallest absolute Gasteiger partial charge is 0.259 e. The van der Waals surface area contributed by atoms with Gasteiger partial charge in [0.15, 0.2) is 0 Å². The van der Waals surface area contributed by atoms with Gasteiger partial charge in [-0.25, -0.2) is 0 Å². The van der Waals surface area contributed by atoms with E-state index in [-0.39, 0.29) is 18.2 Å². The number of anilines is 3. The minimum Gasteiger partial charge on any atom is -0.494 e. The quantitative estimate of drug-likeness (QED) is 0.499. The molecule has 0 aliphatic carbocycles. The molecular weight excluding hydrogens is 486 g/mol. The molecule has 3 aromatic carbocycles. The van der Waals surface area contributed by atoms with Crippen molar-refractivity contribution in [2.24, 2.45) is 0 Å². The third kappa shape index (κ3) is 5.06. The van der Waals surface area contributed by atoms with Gasteiger partial charge in [0, 0.05) is 15.7 Å². The summed E-state index contributed by atoms with van der Waals surface area (Å²) in [4.78, 5) is 40.6. The van der Waals surface area contributed by atoms with Crippen LogP contribution in [0.25, 0.3) is 0 Å². The Morgan fingerprint density at radius 1 is 1.03 bits per heavy atom. The highest BCUT2D eigenvalue weighted by atomic mass is 79.9. The molecule has 1 unspecified atom stereocenters. The molecule has 1 aliphatic heterocycles. The molecule has 0 radical (unpaired) electrons. The molecule has 7 nitrogen and oxygen atoms in total. The van der Waals surface area contributed by atoms with Gasteiger partial charge in [-0.05, 0) is 67.6 Å². The molecule has 2 N–H and O–H groups in total.